The number of H-pyrrole nitrogens is 1. The van der Waals surface area contributed by atoms with Crippen molar-refractivity contribution in [1.29, 1.82) is 0 Å². The van der Waals surface area contributed by atoms with Gasteiger partial charge in [0.1, 0.15) is 5.82 Å². The first-order chi connectivity index (χ1) is 18.1. The molecule has 5 rings (SSSR count). The fourth-order valence-corrected chi connectivity index (χ4v) is 4.37. The van der Waals surface area contributed by atoms with Gasteiger partial charge in [0.05, 0.1) is 16.3 Å². The molecule has 0 radical (unpaired) electrons. The Morgan fingerprint density at radius 2 is 1.78 bits per heavy atom. The summed E-state index contributed by atoms with van der Waals surface area (Å²) in [6.45, 7) is 5.74. The average molecular weight is 483 g/mol. The molecule has 0 bridgehead atoms. The lowest BCUT2D eigenvalue weighted by Gasteiger charge is -2.13. The van der Waals surface area contributed by atoms with E-state index in [-0.39, 0.29) is 5.56 Å². The summed E-state index contributed by atoms with van der Waals surface area (Å²) < 4.78 is 1.68. The van der Waals surface area contributed by atoms with Crippen LogP contribution >= 0.6 is 0 Å². The van der Waals surface area contributed by atoms with Crippen molar-refractivity contribution in [2.75, 3.05) is 0 Å². The maximum Gasteiger partial charge on any atom is 0.265 e. The number of hydrogen-bond donors (Lipinski definition) is 1. The molecule has 0 aliphatic rings. The molecule has 180 valence electrons. The van der Waals surface area contributed by atoms with Crippen molar-refractivity contribution in [2.24, 2.45) is 0 Å². The van der Waals surface area contributed by atoms with Gasteiger partial charge in [-0.15, -0.1) is 0 Å². The lowest BCUT2D eigenvalue weighted by molar-refractivity contribution is 0.879. The maximum absolute atomic E-state index is 13.7. The Morgan fingerprint density at radius 1 is 0.946 bits per heavy atom. The minimum absolute atomic E-state index is 0.110. The van der Waals surface area contributed by atoms with Gasteiger partial charge < -0.3 is 4.98 Å². The number of hydrogen-bond acceptors (Lipinski definition) is 3. The molecule has 0 saturated heterocycles. The van der Waals surface area contributed by atoms with E-state index in [1.807, 2.05) is 99.8 Å². The van der Waals surface area contributed by atoms with Crippen molar-refractivity contribution in [3.63, 3.8) is 0 Å². The highest BCUT2D eigenvalue weighted by molar-refractivity contribution is 5.91. The standard InChI is InChI=1S/C32H26N4O/c1-4-26-28(5-2)35-31(17-15-25-21-34-29-11-7-6-10-27(25)29)36(32(26)37)30-16-14-23(19-22(30)3)12-13-24-9-8-18-33-20-24/h4-11,14-21,34H,1-3H3. The average Bonchev–Trinajstić information content (AvgIpc) is 3.34. The number of aryl methyl sites for hydroxylation is 1. The summed E-state index contributed by atoms with van der Waals surface area (Å²) in [4.78, 5) is 26.0. The summed E-state index contributed by atoms with van der Waals surface area (Å²) in [6, 6.07) is 17.8. The third kappa shape index (κ3) is 4.78. The zero-order valence-corrected chi connectivity index (χ0v) is 21.0. The number of para-hydroxylation sites is 1. The van der Waals surface area contributed by atoms with Gasteiger partial charge in [-0.3, -0.25) is 14.3 Å². The summed E-state index contributed by atoms with van der Waals surface area (Å²) in [5, 5.41) is 2.35. The third-order valence-corrected chi connectivity index (χ3v) is 6.22. The molecular weight excluding hydrogens is 456 g/mol. The Balaban J connectivity index is 1.64. The highest BCUT2D eigenvalue weighted by Crippen LogP contribution is 2.21. The van der Waals surface area contributed by atoms with E-state index in [1.54, 1.807) is 17.0 Å². The van der Waals surface area contributed by atoms with E-state index in [9.17, 15) is 4.79 Å². The number of fused-ring (bicyclic) bond motifs is 1. The number of nitrogens with zero attached hydrogens (tertiary/aromatic N) is 3. The van der Waals surface area contributed by atoms with Crippen LogP contribution in [0.2, 0.25) is 0 Å². The molecule has 0 amide bonds. The Bertz CT molecular complexity index is 1880. The van der Waals surface area contributed by atoms with Crippen LogP contribution in [0, 0.1) is 18.8 Å². The lowest BCUT2D eigenvalue weighted by Crippen LogP contribution is -2.47. The quantitative estimate of drug-likeness (QED) is 0.383. The predicted molar refractivity (Wildman–Crippen MR) is 152 cm³/mol. The Kier molecular flexibility index (Phi) is 6.65. The van der Waals surface area contributed by atoms with Crippen molar-refractivity contribution in [2.45, 2.75) is 20.8 Å². The largest absolute Gasteiger partial charge is 0.361 e. The van der Waals surface area contributed by atoms with Gasteiger partial charge in [0, 0.05) is 40.6 Å². The number of aromatic nitrogens is 4. The molecule has 3 heterocycles. The minimum Gasteiger partial charge on any atom is -0.361 e. The molecule has 5 heteroatoms. The van der Waals surface area contributed by atoms with Crippen molar-refractivity contribution in [3.05, 3.63) is 122 Å². The van der Waals surface area contributed by atoms with Crippen molar-refractivity contribution in [1.82, 2.24) is 19.5 Å². The van der Waals surface area contributed by atoms with Gasteiger partial charge in [0.25, 0.3) is 5.56 Å². The first kappa shape index (κ1) is 23.8. The Hall–Kier alpha value is -4.95. The zero-order chi connectivity index (χ0) is 25.8. The number of aromatic amines is 1. The van der Waals surface area contributed by atoms with Crippen molar-refractivity contribution >= 4 is 35.2 Å². The minimum atomic E-state index is -0.110. The molecule has 5 aromatic rings. The summed E-state index contributed by atoms with van der Waals surface area (Å²) in [7, 11) is 0. The van der Waals surface area contributed by atoms with Gasteiger partial charge >= 0.3 is 0 Å². The fraction of sp³-hybridized carbons (Fsp3) is 0.0938. The van der Waals surface area contributed by atoms with E-state index >= 15 is 0 Å². The van der Waals surface area contributed by atoms with Crippen LogP contribution in [0.5, 0.6) is 0 Å². The van der Waals surface area contributed by atoms with Gasteiger partial charge in [-0.2, -0.15) is 0 Å². The summed E-state index contributed by atoms with van der Waals surface area (Å²) >= 11 is 0. The van der Waals surface area contributed by atoms with Crippen LogP contribution in [0.4, 0.5) is 0 Å². The predicted octanol–water partition coefficient (Wildman–Crippen LogP) is 4.59. The summed E-state index contributed by atoms with van der Waals surface area (Å²) in [5.74, 6) is 6.89. The van der Waals surface area contributed by atoms with Crippen molar-refractivity contribution in [3.8, 4) is 17.5 Å². The van der Waals surface area contributed by atoms with Crippen LogP contribution in [0.3, 0.4) is 0 Å². The molecule has 37 heavy (non-hydrogen) atoms. The summed E-state index contributed by atoms with van der Waals surface area (Å²) in [5.41, 5.74) is 5.40. The van der Waals surface area contributed by atoms with E-state index in [0.29, 0.717) is 16.4 Å². The molecular formula is C32H26N4O. The Morgan fingerprint density at radius 3 is 2.54 bits per heavy atom. The SMILES string of the molecule is CC=c1nc(C=Cc2c[nH]c3ccccc23)n(-c2ccc(C#Cc3cccnc3)cc2C)c(=O)c1=CC. The van der Waals surface area contributed by atoms with Crippen LogP contribution in [-0.4, -0.2) is 19.5 Å². The molecule has 2 aromatic carbocycles. The molecule has 0 aliphatic heterocycles. The number of pyridine rings is 1. The highest BCUT2D eigenvalue weighted by atomic mass is 16.1. The van der Waals surface area contributed by atoms with Crippen LogP contribution in [0.1, 0.15) is 41.9 Å². The van der Waals surface area contributed by atoms with Gasteiger partial charge in [0.15, 0.2) is 0 Å². The third-order valence-electron chi connectivity index (χ3n) is 6.22. The second-order valence-electron chi connectivity index (χ2n) is 8.60. The molecule has 0 atom stereocenters. The van der Waals surface area contributed by atoms with E-state index < -0.39 is 0 Å². The molecule has 0 saturated carbocycles. The molecule has 5 nitrogen and oxygen atoms in total. The lowest BCUT2D eigenvalue weighted by atomic mass is 10.1. The van der Waals surface area contributed by atoms with Gasteiger partial charge in [-0.05, 0) is 80.4 Å². The van der Waals surface area contributed by atoms with E-state index in [0.717, 1.165) is 38.8 Å². The van der Waals surface area contributed by atoms with Crippen LogP contribution in [0.25, 0.3) is 40.9 Å². The first-order valence-corrected chi connectivity index (χ1v) is 12.1. The van der Waals surface area contributed by atoms with Crippen molar-refractivity contribution < 1.29 is 0 Å². The molecule has 0 unspecified atom stereocenters. The second-order valence-corrected chi connectivity index (χ2v) is 8.60. The van der Waals surface area contributed by atoms with Crippen LogP contribution in [-0.2, 0) is 0 Å². The maximum atomic E-state index is 13.7. The molecule has 3 aromatic heterocycles. The van der Waals surface area contributed by atoms with Gasteiger partial charge in [-0.1, -0.05) is 42.2 Å². The van der Waals surface area contributed by atoms with E-state index in [1.165, 1.54) is 0 Å². The smallest absolute Gasteiger partial charge is 0.265 e. The van der Waals surface area contributed by atoms with Gasteiger partial charge in [0.2, 0.25) is 0 Å². The topological polar surface area (TPSA) is 63.6 Å². The molecule has 1 N–H and O–H groups in total. The monoisotopic (exact) mass is 482 g/mol. The number of benzene rings is 2. The normalized spacial score (nSPS) is 12.3. The highest BCUT2D eigenvalue weighted by Gasteiger charge is 2.12. The van der Waals surface area contributed by atoms with E-state index in [4.69, 9.17) is 4.98 Å². The Labute approximate surface area is 215 Å². The molecule has 0 spiro atoms. The number of rotatable bonds is 3. The zero-order valence-electron chi connectivity index (χ0n) is 21.0. The van der Waals surface area contributed by atoms with E-state index in [2.05, 4.69) is 27.9 Å². The molecule has 0 aliphatic carbocycles. The first-order valence-electron chi connectivity index (χ1n) is 12.1. The van der Waals surface area contributed by atoms with Crippen LogP contribution < -0.4 is 16.1 Å². The summed E-state index contributed by atoms with van der Waals surface area (Å²) in [6.07, 6.45) is 13.0. The number of nitrogens with one attached hydrogen (secondary N) is 1. The fourth-order valence-electron chi connectivity index (χ4n) is 4.37. The van der Waals surface area contributed by atoms with Gasteiger partial charge in [-0.25, -0.2) is 4.98 Å². The second kappa shape index (κ2) is 10.3. The van der Waals surface area contributed by atoms with Crippen LogP contribution in [0.15, 0.2) is 78.0 Å². The molecule has 0 fully saturated rings.